The van der Waals surface area contributed by atoms with Crippen molar-refractivity contribution in [3.8, 4) is 0 Å². The Balaban J connectivity index is 1.20. The van der Waals surface area contributed by atoms with Gasteiger partial charge in [-0.05, 0) is 98.6 Å². The lowest BCUT2D eigenvalue weighted by atomic mass is 9.54. The molecule has 4 fully saturated rings. The van der Waals surface area contributed by atoms with Gasteiger partial charge in [-0.3, -0.25) is 19.3 Å². The molecule has 2 unspecified atom stereocenters. The number of para-hydroxylation sites is 1. The zero-order valence-corrected chi connectivity index (χ0v) is 32.7. The number of hydrogen-bond donors (Lipinski definition) is 2. The molecule has 9 heteroatoms. The van der Waals surface area contributed by atoms with Crippen molar-refractivity contribution in [2.24, 2.45) is 29.6 Å². The summed E-state index contributed by atoms with van der Waals surface area (Å²) >= 11 is 0. The number of aromatic nitrogens is 2. The number of fused-ring (bicyclic) bond motifs is 9. The van der Waals surface area contributed by atoms with Crippen molar-refractivity contribution in [3.63, 3.8) is 0 Å². The van der Waals surface area contributed by atoms with Crippen LogP contribution in [0.2, 0.25) is 0 Å². The smallest absolute Gasteiger partial charge is 0.319 e. The van der Waals surface area contributed by atoms with Crippen LogP contribution in [-0.2, 0) is 42.1 Å². The largest absolute Gasteiger partial charge is 0.469 e. The first-order valence-electron chi connectivity index (χ1n) is 20.5. The first-order chi connectivity index (χ1) is 26.1. The highest BCUT2D eigenvalue weighted by molar-refractivity contribution is 5.92. The van der Waals surface area contributed by atoms with E-state index in [2.05, 4.69) is 83.1 Å². The fraction of sp³-hybridized carbons (Fsp3) is 0.578. The molecule has 2 aliphatic carbocycles. The van der Waals surface area contributed by atoms with Crippen LogP contribution in [-0.4, -0.2) is 90.0 Å². The van der Waals surface area contributed by atoms with Gasteiger partial charge in [-0.2, -0.15) is 0 Å². The average molecular weight is 733 g/mol. The molecule has 6 bridgehead atoms. The Labute approximate surface area is 318 Å². The maximum Gasteiger partial charge on any atom is 0.319 e. The number of benzene rings is 2. The van der Waals surface area contributed by atoms with E-state index in [9.17, 15) is 14.4 Å². The molecule has 4 aliphatic heterocycles. The Morgan fingerprint density at radius 2 is 1.70 bits per heavy atom. The minimum Gasteiger partial charge on any atom is -0.469 e. The number of hydrogen-bond acceptors (Lipinski definition) is 7. The van der Waals surface area contributed by atoms with Crippen molar-refractivity contribution in [2.45, 2.75) is 102 Å². The van der Waals surface area contributed by atoms with Crippen LogP contribution in [0.4, 0.5) is 0 Å². The van der Waals surface area contributed by atoms with Gasteiger partial charge < -0.3 is 24.3 Å². The summed E-state index contributed by atoms with van der Waals surface area (Å²) in [6.45, 7) is 8.00. The molecule has 9 nitrogen and oxygen atoms in total. The molecule has 2 aromatic heterocycles. The summed E-state index contributed by atoms with van der Waals surface area (Å²) in [4.78, 5) is 53.5. The molecule has 1 saturated carbocycles. The van der Waals surface area contributed by atoms with Gasteiger partial charge in [0, 0.05) is 76.7 Å². The van der Waals surface area contributed by atoms with Crippen LogP contribution in [0.5, 0.6) is 0 Å². The van der Waals surface area contributed by atoms with E-state index in [-0.39, 0.29) is 59.5 Å². The van der Waals surface area contributed by atoms with Crippen molar-refractivity contribution < 1.29 is 23.9 Å². The summed E-state index contributed by atoms with van der Waals surface area (Å²) in [6.07, 6.45) is 6.71. The predicted molar refractivity (Wildman–Crippen MR) is 209 cm³/mol. The molecule has 6 aliphatic rings. The zero-order chi connectivity index (χ0) is 37.6. The minimum atomic E-state index is -0.813. The molecule has 11 atom stereocenters. The Morgan fingerprint density at radius 3 is 2.44 bits per heavy atom. The quantitative estimate of drug-likeness (QED) is 0.199. The molecule has 0 radical (unpaired) electrons. The molecule has 0 spiro atoms. The Bertz CT molecular complexity index is 2130. The molecule has 2 aromatic carbocycles. The third-order valence-electron chi connectivity index (χ3n) is 15.1. The number of carbonyl (C=O) groups is 3. The summed E-state index contributed by atoms with van der Waals surface area (Å²) in [5.41, 5.74) is 7.38. The number of aromatic amines is 2. The SMILES string of the molecule is CC[C@@H]1CN(C)[C@H]2Cc3c([nH]c4ccccc34)[C@H](c3ccc4c5c([nH]c4c3)[C@]3(C(=O)OC)CC4C[C@H](CC)[C@@H]3N(CC5)[C@@H]4CC(C)=O)C[C@@H]1[C@@H]2C(=O)OC. The standard InChI is InChI=1S/C45H56N4O5/c1-7-25-18-28-22-45(44(52)54-6)41-31(15-16-49(42(25)45)37(28)17-24(3)50)30-14-13-27(19-36(30)47-41)33-20-32-26(8-2)23-48(4)38(39(32)43(51)53-5)21-34-29-11-9-10-12-35(29)46-40(33)34/h9-14,19,25-26,28,32-33,37-39,42,46-47H,7-8,15-18,20-23H2,1-6H3/t25-,26+,28?,32-,33-,37+,38-,39-,42-,45+/m0/s1. The summed E-state index contributed by atoms with van der Waals surface area (Å²) in [7, 11) is 5.26. The summed E-state index contributed by atoms with van der Waals surface area (Å²) < 4.78 is 11.3. The lowest BCUT2D eigenvalue weighted by Gasteiger charge is -2.61. The van der Waals surface area contributed by atoms with Crippen molar-refractivity contribution in [1.82, 2.24) is 19.8 Å². The van der Waals surface area contributed by atoms with Crippen LogP contribution >= 0.6 is 0 Å². The molecule has 54 heavy (non-hydrogen) atoms. The lowest BCUT2D eigenvalue weighted by Crippen LogP contribution is -2.70. The van der Waals surface area contributed by atoms with Gasteiger partial charge in [-0.15, -0.1) is 0 Å². The number of rotatable bonds is 7. The van der Waals surface area contributed by atoms with Crippen LogP contribution in [0.3, 0.4) is 0 Å². The molecular formula is C45H56N4O5. The second-order valence-electron chi connectivity index (χ2n) is 17.5. The van der Waals surface area contributed by atoms with Crippen LogP contribution < -0.4 is 0 Å². The van der Waals surface area contributed by atoms with Gasteiger partial charge in [0.15, 0.2) is 0 Å². The van der Waals surface area contributed by atoms with E-state index >= 15 is 0 Å². The predicted octanol–water partition coefficient (Wildman–Crippen LogP) is 6.91. The molecule has 3 saturated heterocycles. The first kappa shape index (κ1) is 35.7. The number of esters is 2. The van der Waals surface area contributed by atoms with E-state index in [0.29, 0.717) is 24.7 Å². The molecule has 6 heterocycles. The number of likely N-dealkylation sites (tertiary alicyclic amines) is 1. The van der Waals surface area contributed by atoms with Crippen LogP contribution in [0.1, 0.15) is 93.3 Å². The Hall–Kier alpha value is -3.95. The fourth-order valence-corrected chi connectivity index (χ4v) is 12.9. The van der Waals surface area contributed by atoms with E-state index in [1.807, 2.05) is 0 Å². The molecule has 2 N–H and O–H groups in total. The number of ketones is 1. The minimum absolute atomic E-state index is 0.0174. The van der Waals surface area contributed by atoms with E-state index in [1.165, 1.54) is 40.3 Å². The second-order valence-corrected chi connectivity index (χ2v) is 17.5. The molecule has 0 amide bonds. The van der Waals surface area contributed by atoms with E-state index < -0.39 is 5.41 Å². The van der Waals surface area contributed by atoms with Crippen molar-refractivity contribution in [1.29, 1.82) is 0 Å². The highest BCUT2D eigenvalue weighted by Crippen LogP contribution is 2.58. The highest BCUT2D eigenvalue weighted by atomic mass is 16.5. The fourth-order valence-electron chi connectivity index (χ4n) is 12.9. The molecule has 10 rings (SSSR count). The Kier molecular flexibility index (Phi) is 8.84. The van der Waals surface area contributed by atoms with Gasteiger partial charge in [-0.25, -0.2) is 0 Å². The third kappa shape index (κ3) is 5.13. The average Bonchev–Trinajstić information content (AvgIpc) is 3.69. The topological polar surface area (TPSA) is 108 Å². The molecule has 4 aromatic rings. The maximum absolute atomic E-state index is 14.4. The third-order valence-corrected chi connectivity index (χ3v) is 15.1. The normalized spacial score (nSPS) is 34.4. The van der Waals surface area contributed by atoms with Gasteiger partial charge in [0.05, 0.1) is 20.1 Å². The number of carbonyl (C=O) groups excluding carboxylic acids is 3. The number of nitrogens with one attached hydrogen (secondary N) is 2. The number of nitrogens with zero attached hydrogens (tertiary/aromatic N) is 2. The van der Waals surface area contributed by atoms with E-state index in [4.69, 9.17) is 9.47 Å². The molecule has 286 valence electrons. The summed E-state index contributed by atoms with van der Waals surface area (Å²) in [5.74, 6) is 0.939. The Morgan fingerprint density at radius 1 is 0.926 bits per heavy atom. The van der Waals surface area contributed by atoms with Crippen LogP contribution in [0, 0.1) is 29.6 Å². The van der Waals surface area contributed by atoms with Gasteiger partial charge in [0.2, 0.25) is 0 Å². The van der Waals surface area contributed by atoms with Crippen molar-refractivity contribution >= 4 is 39.5 Å². The maximum atomic E-state index is 14.4. The van der Waals surface area contributed by atoms with Gasteiger partial charge >= 0.3 is 11.9 Å². The zero-order valence-electron chi connectivity index (χ0n) is 32.7. The number of Topliss-reactive ketones (excluding diaryl/α,β-unsaturated/α-hetero) is 1. The van der Waals surface area contributed by atoms with E-state index in [0.717, 1.165) is 68.3 Å². The second kappa shape index (κ2) is 13.4. The first-order valence-corrected chi connectivity index (χ1v) is 20.5. The van der Waals surface area contributed by atoms with Crippen molar-refractivity contribution in [2.75, 3.05) is 34.4 Å². The van der Waals surface area contributed by atoms with Gasteiger partial charge in [0.1, 0.15) is 11.2 Å². The number of H-pyrrole nitrogens is 2. The van der Waals surface area contributed by atoms with Crippen molar-refractivity contribution in [3.05, 3.63) is 70.5 Å². The monoisotopic (exact) mass is 732 g/mol. The van der Waals surface area contributed by atoms with Crippen LogP contribution in [0.25, 0.3) is 21.8 Å². The summed E-state index contributed by atoms with van der Waals surface area (Å²) in [5, 5.41) is 2.39. The number of ether oxygens (including phenoxy) is 2. The lowest BCUT2D eigenvalue weighted by molar-refractivity contribution is -0.169. The summed E-state index contributed by atoms with van der Waals surface area (Å²) in [6, 6.07) is 15.7. The molecular weight excluding hydrogens is 677 g/mol. The van der Waals surface area contributed by atoms with Crippen LogP contribution in [0.15, 0.2) is 42.5 Å². The number of piperidine rings is 3. The van der Waals surface area contributed by atoms with E-state index in [1.54, 1.807) is 14.0 Å². The number of likely N-dealkylation sites (N-methyl/N-ethyl adjacent to an activating group) is 1. The number of methoxy groups -OCH3 is 2. The van der Waals surface area contributed by atoms with Gasteiger partial charge in [0.25, 0.3) is 0 Å². The highest BCUT2D eigenvalue weighted by Gasteiger charge is 2.65. The van der Waals surface area contributed by atoms with Gasteiger partial charge in [-0.1, -0.05) is 57.0 Å².